The van der Waals surface area contributed by atoms with Gasteiger partial charge < -0.3 is 5.32 Å². The first-order valence-electron chi connectivity index (χ1n) is 4.32. The normalized spacial score (nSPS) is 25.0. The molecule has 0 radical (unpaired) electrons. The predicted octanol–water partition coefficient (Wildman–Crippen LogP) is -0.612. The van der Waals surface area contributed by atoms with Crippen molar-refractivity contribution in [1.82, 2.24) is 10.3 Å². The van der Waals surface area contributed by atoms with Gasteiger partial charge in [0, 0.05) is 30.2 Å². The lowest BCUT2D eigenvalue weighted by Gasteiger charge is -2.33. The van der Waals surface area contributed by atoms with Crippen molar-refractivity contribution in [1.29, 1.82) is 0 Å². The van der Waals surface area contributed by atoms with Crippen molar-refractivity contribution in [2.75, 3.05) is 6.54 Å². The third-order valence-electron chi connectivity index (χ3n) is 2.73. The largest absolute Gasteiger partial charge is 0.306 e. The van der Waals surface area contributed by atoms with E-state index in [0.29, 0.717) is 6.04 Å². The molecule has 1 unspecified atom stereocenters. The average molecular weight is 158 g/mol. The first-order valence-corrected chi connectivity index (χ1v) is 4.32. The molecule has 0 spiro atoms. The molecule has 2 heteroatoms. The van der Waals surface area contributed by atoms with Crippen molar-refractivity contribution >= 4 is 11.6 Å². The fourth-order valence-electron chi connectivity index (χ4n) is 1.95. The summed E-state index contributed by atoms with van der Waals surface area (Å²) >= 11 is 0. The maximum atomic E-state index is 4.15. The molecule has 0 amide bonds. The number of pyridine rings is 1. The quantitative estimate of drug-likeness (QED) is 0.545. The van der Waals surface area contributed by atoms with Gasteiger partial charge in [0.2, 0.25) is 0 Å². The van der Waals surface area contributed by atoms with Gasteiger partial charge in [0.15, 0.2) is 0 Å². The molecule has 1 aliphatic carbocycles. The van der Waals surface area contributed by atoms with Crippen LogP contribution in [0.15, 0.2) is 18.5 Å². The molecule has 0 saturated carbocycles. The Morgan fingerprint density at radius 3 is 3.33 bits per heavy atom. The van der Waals surface area contributed by atoms with Crippen molar-refractivity contribution in [2.24, 2.45) is 0 Å². The van der Waals surface area contributed by atoms with E-state index in [1.165, 1.54) is 10.4 Å². The van der Waals surface area contributed by atoms with E-state index in [-0.39, 0.29) is 0 Å². The average Bonchev–Trinajstić information content (AvgIpc) is 2.05. The maximum Gasteiger partial charge on any atom is 0.0346 e. The third kappa shape index (κ3) is 0.703. The van der Waals surface area contributed by atoms with Gasteiger partial charge in [-0.25, -0.2) is 0 Å². The molecule has 0 aromatic carbocycles. The Kier molecular flexibility index (Phi) is 1.15. The molecule has 1 atom stereocenters. The Morgan fingerprint density at radius 2 is 2.50 bits per heavy atom. The van der Waals surface area contributed by atoms with Crippen molar-refractivity contribution < 1.29 is 0 Å². The molecule has 1 fully saturated rings. The highest BCUT2D eigenvalue weighted by atomic mass is 15.0. The minimum Gasteiger partial charge on any atom is -0.306 e. The van der Waals surface area contributed by atoms with E-state index in [1.54, 1.807) is 5.57 Å². The first kappa shape index (κ1) is 6.38. The monoisotopic (exact) mass is 158 g/mol. The molecule has 1 aliphatic heterocycles. The second-order valence-electron chi connectivity index (χ2n) is 3.36. The summed E-state index contributed by atoms with van der Waals surface area (Å²) in [4.78, 5) is 4.15. The highest BCUT2D eigenvalue weighted by Crippen LogP contribution is 2.16. The Morgan fingerprint density at radius 1 is 1.50 bits per heavy atom. The van der Waals surface area contributed by atoms with E-state index in [4.69, 9.17) is 0 Å². The lowest BCUT2D eigenvalue weighted by atomic mass is 9.90. The van der Waals surface area contributed by atoms with Gasteiger partial charge in [-0.05, 0) is 23.3 Å². The molecule has 0 bridgehead atoms. The molecule has 60 valence electrons. The predicted molar refractivity (Wildman–Crippen MR) is 47.8 cm³/mol. The third-order valence-corrected chi connectivity index (χ3v) is 2.73. The summed E-state index contributed by atoms with van der Waals surface area (Å²) < 4.78 is 0. The van der Waals surface area contributed by atoms with Crippen LogP contribution in [0.5, 0.6) is 0 Å². The van der Waals surface area contributed by atoms with E-state index in [1.807, 2.05) is 12.4 Å². The summed E-state index contributed by atoms with van der Waals surface area (Å²) in [6.45, 7) is 1.05. The minimum atomic E-state index is 0.613. The van der Waals surface area contributed by atoms with Crippen LogP contribution in [0.3, 0.4) is 0 Å². The minimum absolute atomic E-state index is 0.613. The van der Waals surface area contributed by atoms with Gasteiger partial charge >= 0.3 is 0 Å². The van der Waals surface area contributed by atoms with Gasteiger partial charge in [-0.1, -0.05) is 6.08 Å². The molecule has 12 heavy (non-hydrogen) atoms. The number of hydrogen-bond donors (Lipinski definition) is 1. The maximum absolute atomic E-state index is 4.15. The fraction of sp³-hybridized carbons (Fsp3) is 0.300. The van der Waals surface area contributed by atoms with E-state index in [9.17, 15) is 0 Å². The van der Waals surface area contributed by atoms with Crippen LogP contribution in [0, 0.1) is 0 Å². The van der Waals surface area contributed by atoms with Gasteiger partial charge in [0.1, 0.15) is 0 Å². The van der Waals surface area contributed by atoms with Crippen molar-refractivity contribution in [3.05, 3.63) is 28.9 Å². The standard InChI is InChI=1S/C10H10N2/c1-2-10-9(6-12-10)8-5-11-4-3-7(1)8/h1,3-5,10,12H,2,6H2. The van der Waals surface area contributed by atoms with Crippen LogP contribution in [-0.4, -0.2) is 17.6 Å². The summed E-state index contributed by atoms with van der Waals surface area (Å²) in [7, 11) is 0. The molecular weight excluding hydrogens is 148 g/mol. The van der Waals surface area contributed by atoms with Crippen LogP contribution in [0.2, 0.25) is 0 Å². The van der Waals surface area contributed by atoms with Crippen LogP contribution in [-0.2, 0) is 0 Å². The van der Waals surface area contributed by atoms with Crippen LogP contribution in [0.25, 0.3) is 11.6 Å². The van der Waals surface area contributed by atoms with Crippen molar-refractivity contribution in [2.45, 2.75) is 12.5 Å². The lowest BCUT2D eigenvalue weighted by Crippen LogP contribution is -2.52. The summed E-state index contributed by atoms with van der Waals surface area (Å²) in [6.07, 6.45) is 7.28. The summed E-state index contributed by atoms with van der Waals surface area (Å²) in [5.41, 5.74) is 1.54. The molecule has 2 heterocycles. The number of fused-ring (bicyclic) bond motifs is 2. The lowest BCUT2D eigenvalue weighted by molar-refractivity contribution is 0.563. The second-order valence-corrected chi connectivity index (χ2v) is 3.36. The Hall–Kier alpha value is -1.15. The topological polar surface area (TPSA) is 24.9 Å². The van der Waals surface area contributed by atoms with Gasteiger partial charge in [0.25, 0.3) is 0 Å². The smallest absolute Gasteiger partial charge is 0.0346 e. The number of nitrogens with zero attached hydrogens (tertiary/aromatic N) is 1. The molecule has 1 N–H and O–H groups in total. The Balaban J connectivity index is 2.43. The van der Waals surface area contributed by atoms with E-state index in [2.05, 4.69) is 22.4 Å². The molecule has 2 nitrogen and oxygen atoms in total. The first-order chi connectivity index (χ1) is 5.95. The number of hydrogen-bond acceptors (Lipinski definition) is 2. The highest BCUT2D eigenvalue weighted by molar-refractivity contribution is 5.62. The number of nitrogens with one attached hydrogen (secondary N) is 1. The number of rotatable bonds is 0. The molecule has 1 aromatic rings. The van der Waals surface area contributed by atoms with Gasteiger partial charge in [-0.15, -0.1) is 0 Å². The summed E-state index contributed by atoms with van der Waals surface area (Å²) in [6, 6.07) is 2.71. The van der Waals surface area contributed by atoms with Gasteiger partial charge in [-0.3, -0.25) is 4.98 Å². The van der Waals surface area contributed by atoms with E-state index < -0.39 is 0 Å². The van der Waals surface area contributed by atoms with Crippen LogP contribution >= 0.6 is 0 Å². The fourth-order valence-corrected chi connectivity index (χ4v) is 1.95. The summed E-state index contributed by atoms with van der Waals surface area (Å²) in [5.74, 6) is 0. The van der Waals surface area contributed by atoms with E-state index in [0.717, 1.165) is 13.0 Å². The molecule has 2 aliphatic rings. The van der Waals surface area contributed by atoms with Gasteiger partial charge in [0.05, 0.1) is 0 Å². The summed E-state index contributed by atoms with van der Waals surface area (Å²) in [5, 5.41) is 6.11. The second kappa shape index (κ2) is 2.17. The number of aromatic nitrogens is 1. The van der Waals surface area contributed by atoms with Crippen molar-refractivity contribution in [3.8, 4) is 0 Å². The molecular formula is C10H10N2. The highest BCUT2D eigenvalue weighted by Gasteiger charge is 2.24. The van der Waals surface area contributed by atoms with Crippen LogP contribution in [0.4, 0.5) is 0 Å². The molecule has 1 saturated heterocycles. The zero-order valence-electron chi connectivity index (χ0n) is 6.75. The molecule has 1 aromatic heterocycles. The van der Waals surface area contributed by atoms with Gasteiger partial charge in [-0.2, -0.15) is 0 Å². The van der Waals surface area contributed by atoms with E-state index >= 15 is 0 Å². The Bertz CT molecular complexity index is 433. The van der Waals surface area contributed by atoms with Crippen LogP contribution < -0.4 is 15.8 Å². The zero-order chi connectivity index (χ0) is 7.97. The zero-order valence-corrected chi connectivity index (χ0v) is 6.75. The SMILES string of the molecule is C1=c2ccncc2=C2CNC2C1. The molecule has 3 rings (SSSR count). The van der Waals surface area contributed by atoms with Crippen molar-refractivity contribution in [3.63, 3.8) is 0 Å². The van der Waals surface area contributed by atoms with Crippen LogP contribution in [0.1, 0.15) is 6.42 Å². The Labute approximate surface area is 70.6 Å².